The molecule has 2 saturated heterocycles. The zero-order valence-corrected chi connectivity index (χ0v) is 24.0. The SMILES string of the molecule is O=C(O)CCCCCN1C(=O)[C@H]2[C@H](CC=C3[C@H]2C[C@H]2C(=O)N(CCCCCC(=O)O)C(=O)[C@H]2[C@H]3c2ccccc2O)C1=O. The zero-order valence-electron chi connectivity index (χ0n) is 24.0. The largest absolute Gasteiger partial charge is 0.508 e. The molecule has 2 aliphatic heterocycles. The summed E-state index contributed by atoms with van der Waals surface area (Å²) in [7, 11) is 0. The normalized spacial score (nSPS) is 28.0. The lowest BCUT2D eigenvalue weighted by atomic mass is 9.57. The molecule has 4 amide bonds. The predicted octanol–water partition coefficient (Wildman–Crippen LogP) is 3.32. The van der Waals surface area contributed by atoms with Crippen LogP contribution in [0.3, 0.4) is 0 Å². The second kappa shape index (κ2) is 12.7. The Bertz CT molecular complexity index is 1350. The third kappa shape index (κ3) is 5.81. The summed E-state index contributed by atoms with van der Waals surface area (Å²) < 4.78 is 0. The molecule has 11 heteroatoms. The molecular weight excluding hydrogens is 556 g/mol. The summed E-state index contributed by atoms with van der Waals surface area (Å²) in [6.07, 6.45) is 5.61. The number of phenols is 1. The maximum absolute atomic E-state index is 13.8. The molecule has 43 heavy (non-hydrogen) atoms. The van der Waals surface area contributed by atoms with E-state index in [2.05, 4.69) is 0 Å². The number of carboxylic acids is 2. The number of carboxylic acid groups (broad SMARTS) is 2. The van der Waals surface area contributed by atoms with E-state index < -0.39 is 47.4 Å². The molecule has 11 nitrogen and oxygen atoms in total. The Hall–Kier alpha value is -4.02. The van der Waals surface area contributed by atoms with E-state index in [1.54, 1.807) is 18.2 Å². The van der Waals surface area contributed by atoms with Crippen LogP contribution in [0.25, 0.3) is 0 Å². The summed E-state index contributed by atoms with van der Waals surface area (Å²) in [4.78, 5) is 78.9. The summed E-state index contributed by atoms with van der Waals surface area (Å²) in [5.74, 6) is -6.67. The second-order valence-corrected chi connectivity index (χ2v) is 12.1. The number of phenolic OH excluding ortho intramolecular Hbond substituents is 1. The van der Waals surface area contributed by atoms with Gasteiger partial charge in [0.2, 0.25) is 23.6 Å². The Balaban J connectivity index is 1.40. The van der Waals surface area contributed by atoms with E-state index in [0.717, 1.165) is 5.57 Å². The van der Waals surface area contributed by atoms with E-state index in [9.17, 15) is 33.9 Å². The first-order chi connectivity index (χ1) is 20.6. The van der Waals surface area contributed by atoms with E-state index in [1.807, 2.05) is 6.08 Å². The summed E-state index contributed by atoms with van der Waals surface area (Å²) in [6, 6.07) is 6.72. The van der Waals surface area contributed by atoms with E-state index in [0.29, 0.717) is 50.5 Å². The molecule has 0 unspecified atom stereocenters. The van der Waals surface area contributed by atoms with Crippen LogP contribution in [0.15, 0.2) is 35.9 Å². The number of hydrogen-bond acceptors (Lipinski definition) is 7. The van der Waals surface area contributed by atoms with Crippen molar-refractivity contribution in [2.75, 3.05) is 13.1 Å². The Morgan fingerprint density at radius 3 is 1.84 bits per heavy atom. The quantitative estimate of drug-likeness (QED) is 0.176. The van der Waals surface area contributed by atoms with Crippen LogP contribution in [0.2, 0.25) is 0 Å². The smallest absolute Gasteiger partial charge is 0.303 e. The number of nitrogens with zero attached hydrogens (tertiary/aromatic N) is 2. The number of aromatic hydroxyl groups is 1. The molecule has 0 aromatic heterocycles. The standard InChI is InChI=1S/C32H38N2O9/c35-23-10-6-5-9-19(23)26-18-13-14-20-27(31(42)33(29(20)40)15-7-1-3-11-24(36)37)21(18)17-22-28(26)32(43)34(30(22)41)16-8-2-4-12-25(38)39/h5-6,9-10,13,20-22,26-28,35H,1-4,7-8,11-12,14-17H2,(H,36,37)(H,38,39)/t20-,21+,22+,26+,27-,28+/m0/s1. The molecule has 2 aliphatic carbocycles. The van der Waals surface area contributed by atoms with Crippen LogP contribution in [0.4, 0.5) is 0 Å². The number of benzene rings is 1. The number of carbonyl (C=O) groups excluding carboxylic acids is 4. The second-order valence-electron chi connectivity index (χ2n) is 12.1. The molecule has 1 aromatic carbocycles. The molecule has 5 rings (SSSR count). The molecule has 0 spiro atoms. The van der Waals surface area contributed by atoms with Crippen LogP contribution >= 0.6 is 0 Å². The number of rotatable bonds is 13. The van der Waals surface area contributed by atoms with E-state index in [4.69, 9.17) is 10.2 Å². The van der Waals surface area contributed by atoms with Gasteiger partial charge in [-0.3, -0.25) is 38.6 Å². The first-order valence-corrected chi connectivity index (χ1v) is 15.2. The maximum atomic E-state index is 13.8. The fraction of sp³-hybridized carbons (Fsp3) is 0.562. The Labute approximate surface area is 249 Å². The Kier molecular flexibility index (Phi) is 8.98. The average molecular weight is 595 g/mol. The summed E-state index contributed by atoms with van der Waals surface area (Å²) >= 11 is 0. The zero-order chi connectivity index (χ0) is 30.8. The molecule has 0 bridgehead atoms. The van der Waals surface area contributed by atoms with E-state index >= 15 is 0 Å². The lowest BCUT2D eigenvalue weighted by Crippen LogP contribution is -2.43. The molecule has 1 aromatic rings. The number of fused-ring (bicyclic) bond motifs is 4. The van der Waals surface area contributed by atoms with Crippen molar-refractivity contribution in [2.45, 2.75) is 70.1 Å². The third-order valence-corrected chi connectivity index (χ3v) is 9.65. The van der Waals surface area contributed by atoms with E-state index in [-0.39, 0.29) is 61.7 Å². The molecule has 1 saturated carbocycles. The van der Waals surface area contributed by atoms with E-state index in [1.165, 1.54) is 15.9 Å². The van der Waals surface area contributed by atoms with Crippen molar-refractivity contribution in [3.05, 3.63) is 41.5 Å². The highest BCUT2D eigenvalue weighted by Gasteiger charge is 2.61. The van der Waals surface area contributed by atoms with Gasteiger partial charge in [0.15, 0.2) is 0 Å². The first-order valence-electron chi connectivity index (χ1n) is 15.2. The van der Waals surface area contributed by atoms with Gasteiger partial charge in [-0.1, -0.05) is 42.7 Å². The van der Waals surface area contributed by atoms with Gasteiger partial charge in [0.05, 0.1) is 23.7 Å². The van der Waals surface area contributed by atoms with Gasteiger partial charge in [0, 0.05) is 37.4 Å². The lowest BCUT2D eigenvalue weighted by Gasteiger charge is -2.44. The van der Waals surface area contributed by atoms with Crippen LogP contribution in [0, 0.1) is 29.6 Å². The van der Waals surface area contributed by atoms with Crippen molar-refractivity contribution in [1.82, 2.24) is 9.80 Å². The topological polar surface area (TPSA) is 170 Å². The van der Waals surface area contributed by atoms with Crippen LogP contribution in [-0.4, -0.2) is 73.8 Å². The molecule has 6 atom stereocenters. The molecule has 2 heterocycles. The fourth-order valence-corrected chi connectivity index (χ4v) is 7.70. The number of amides is 4. The minimum atomic E-state index is -0.893. The summed E-state index contributed by atoms with van der Waals surface area (Å²) in [5.41, 5.74) is 1.33. The average Bonchev–Trinajstić information content (AvgIpc) is 3.35. The molecule has 3 fully saturated rings. The minimum absolute atomic E-state index is 0.000828. The van der Waals surface area contributed by atoms with Gasteiger partial charge >= 0.3 is 11.9 Å². The van der Waals surface area contributed by atoms with Gasteiger partial charge < -0.3 is 15.3 Å². The minimum Gasteiger partial charge on any atom is -0.508 e. The van der Waals surface area contributed by atoms with Crippen LogP contribution in [-0.2, 0) is 28.8 Å². The van der Waals surface area contributed by atoms with Gasteiger partial charge in [-0.15, -0.1) is 0 Å². The Morgan fingerprint density at radius 1 is 0.698 bits per heavy atom. The van der Waals surface area contributed by atoms with Crippen molar-refractivity contribution < 1.29 is 44.1 Å². The molecular formula is C32H38N2O9. The monoisotopic (exact) mass is 594 g/mol. The van der Waals surface area contributed by atoms with Crippen molar-refractivity contribution in [2.24, 2.45) is 29.6 Å². The van der Waals surface area contributed by atoms with Crippen LogP contribution in [0.1, 0.15) is 75.7 Å². The molecule has 4 aliphatic rings. The van der Waals surface area contributed by atoms with Gasteiger partial charge in [0.1, 0.15) is 5.75 Å². The van der Waals surface area contributed by atoms with Crippen molar-refractivity contribution in [3.8, 4) is 5.75 Å². The fourth-order valence-electron chi connectivity index (χ4n) is 7.70. The highest BCUT2D eigenvalue weighted by Crippen LogP contribution is 2.58. The van der Waals surface area contributed by atoms with Crippen molar-refractivity contribution >= 4 is 35.6 Å². The summed E-state index contributed by atoms with van der Waals surface area (Å²) in [5, 5.41) is 28.7. The first kappa shape index (κ1) is 30.4. The summed E-state index contributed by atoms with van der Waals surface area (Å²) in [6.45, 7) is 0.398. The number of carbonyl (C=O) groups is 6. The van der Waals surface area contributed by atoms with Gasteiger partial charge in [-0.05, 0) is 50.5 Å². The van der Waals surface area contributed by atoms with Crippen molar-refractivity contribution in [3.63, 3.8) is 0 Å². The van der Waals surface area contributed by atoms with Gasteiger partial charge in [-0.25, -0.2) is 0 Å². The number of allylic oxidation sites excluding steroid dienone is 2. The number of imide groups is 2. The number of para-hydroxylation sites is 1. The maximum Gasteiger partial charge on any atom is 0.303 e. The van der Waals surface area contributed by atoms with Crippen LogP contribution < -0.4 is 0 Å². The highest BCUT2D eigenvalue weighted by molar-refractivity contribution is 6.08. The number of hydrogen-bond donors (Lipinski definition) is 3. The number of unbranched alkanes of at least 4 members (excludes halogenated alkanes) is 4. The molecule has 230 valence electrons. The molecule has 0 radical (unpaired) electrons. The van der Waals surface area contributed by atoms with Crippen LogP contribution in [0.5, 0.6) is 5.75 Å². The third-order valence-electron chi connectivity index (χ3n) is 9.65. The molecule has 3 N–H and O–H groups in total. The number of likely N-dealkylation sites (tertiary alicyclic amines) is 2. The van der Waals surface area contributed by atoms with Crippen molar-refractivity contribution in [1.29, 1.82) is 0 Å². The number of aliphatic carboxylic acids is 2. The highest BCUT2D eigenvalue weighted by atomic mass is 16.4. The predicted molar refractivity (Wildman–Crippen MR) is 151 cm³/mol. The Morgan fingerprint density at radius 2 is 1.26 bits per heavy atom. The van der Waals surface area contributed by atoms with Gasteiger partial charge in [-0.2, -0.15) is 0 Å². The lowest BCUT2D eigenvalue weighted by molar-refractivity contribution is -0.142. The van der Waals surface area contributed by atoms with Gasteiger partial charge in [0.25, 0.3) is 0 Å².